The summed E-state index contributed by atoms with van der Waals surface area (Å²) in [7, 11) is -3.06. The van der Waals surface area contributed by atoms with Crippen LogP contribution in [0.5, 0.6) is 0 Å². The maximum atomic E-state index is 11.2. The molecule has 0 amide bonds. The van der Waals surface area contributed by atoms with Gasteiger partial charge in [-0.25, -0.2) is 8.42 Å². The standard InChI is InChI=1S/C15H18N2O3S/c1-11-4-5-13(8-12(11)2)15-14(10-18)9-17(16-15)6-7-21(3,19)20/h4-5,8-10H,6-7H2,1-3H3. The van der Waals surface area contributed by atoms with Crippen molar-refractivity contribution in [3.05, 3.63) is 41.1 Å². The number of aldehydes is 1. The summed E-state index contributed by atoms with van der Waals surface area (Å²) >= 11 is 0. The van der Waals surface area contributed by atoms with E-state index in [1.54, 1.807) is 6.20 Å². The molecule has 0 unspecified atom stereocenters. The summed E-state index contributed by atoms with van der Waals surface area (Å²) in [5, 5.41) is 4.35. The summed E-state index contributed by atoms with van der Waals surface area (Å²) < 4.78 is 23.9. The molecular formula is C15H18N2O3S. The molecule has 1 aromatic heterocycles. The van der Waals surface area contributed by atoms with E-state index in [1.165, 1.54) is 16.5 Å². The number of hydrogen-bond acceptors (Lipinski definition) is 4. The van der Waals surface area contributed by atoms with E-state index in [4.69, 9.17) is 0 Å². The second kappa shape index (κ2) is 5.81. The van der Waals surface area contributed by atoms with E-state index in [9.17, 15) is 13.2 Å². The average molecular weight is 306 g/mol. The second-order valence-electron chi connectivity index (χ2n) is 5.24. The Bertz CT molecular complexity index is 776. The second-order valence-corrected chi connectivity index (χ2v) is 7.50. The largest absolute Gasteiger partial charge is 0.298 e. The van der Waals surface area contributed by atoms with Crippen LogP contribution in [0.2, 0.25) is 0 Å². The van der Waals surface area contributed by atoms with E-state index in [0.717, 1.165) is 17.4 Å². The molecule has 112 valence electrons. The van der Waals surface area contributed by atoms with Crippen molar-refractivity contribution in [3.8, 4) is 11.3 Å². The van der Waals surface area contributed by atoms with Crippen LogP contribution in [0, 0.1) is 13.8 Å². The van der Waals surface area contributed by atoms with Gasteiger partial charge >= 0.3 is 0 Å². The van der Waals surface area contributed by atoms with Crippen molar-refractivity contribution in [1.82, 2.24) is 9.78 Å². The van der Waals surface area contributed by atoms with Crippen LogP contribution in [0.25, 0.3) is 11.3 Å². The predicted molar refractivity (Wildman–Crippen MR) is 82.2 cm³/mol. The Labute approximate surface area is 124 Å². The van der Waals surface area contributed by atoms with E-state index >= 15 is 0 Å². The minimum atomic E-state index is -3.06. The third-order valence-corrected chi connectivity index (χ3v) is 4.31. The zero-order chi connectivity index (χ0) is 15.6. The third kappa shape index (κ3) is 3.78. The molecule has 0 saturated carbocycles. The molecule has 0 radical (unpaired) electrons. The number of hydrogen-bond donors (Lipinski definition) is 0. The van der Waals surface area contributed by atoms with Gasteiger partial charge in [-0.15, -0.1) is 0 Å². The van der Waals surface area contributed by atoms with Crippen molar-refractivity contribution in [2.45, 2.75) is 20.4 Å². The van der Waals surface area contributed by atoms with Gasteiger partial charge in [0, 0.05) is 18.0 Å². The first kappa shape index (κ1) is 15.4. The summed E-state index contributed by atoms with van der Waals surface area (Å²) in [5.74, 6) is -0.000652. The van der Waals surface area contributed by atoms with Crippen LogP contribution < -0.4 is 0 Å². The topological polar surface area (TPSA) is 69.0 Å². The zero-order valence-corrected chi connectivity index (χ0v) is 13.1. The molecule has 0 spiro atoms. The van der Waals surface area contributed by atoms with Gasteiger partial charge in [-0.2, -0.15) is 5.10 Å². The molecule has 5 nitrogen and oxygen atoms in total. The van der Waals surface area contributed by atoms with Crippen LogP contribution in [-0.2, 0) is 16.4 Å². The van der Waals surface area contributed by atoms with Crippen LogP contribution in [0.4, 0.5) is 0 Å². The molecule has 21 heavy (non-hydrogen) atoms. The monoisotopic (exact) mass is 306 g/mol. The van der Waals surface area contributed by atoms with E-state index in [2.05, 4.69) is 5.10 Å². The van der Waals surface area contributed by atoms with Gasteiger partial charge in [0.25, 0.3) is 0 Å². The quantitative estimate of drug-likeness (QED) is 0.793. The highest BCUT2D eigenvalue weighted by Crippen LogP contribution is 2.23. The van der Waals surface area contributed by atoms with Crippen LogP contribution in [-0.4, -0.2) is 36.5 Å². The van der Waals surface area contributed by atoms with E-state index in [-0.39, 0.29) is 12.3 Å². The highest BCUT2D eigenvalue weighted by Gasteiger charge is 2.12. The highest BCUT2D eigenvalue weighted by atomic mass is 32.2. The first-order valence-corrected chi connectivity index (χ1v) is 8.64. The third-order valence-electron chi connectivity index (χ3n) is 3.39. The minimum Gasteiger partial charge on any atom is -0.298 e. The normalized spacial score (nSPS) is 11.6. The van der Waals surface area contributed by atoms with Crippen LogP contribution in [0.1, 0.15) is 21.5 Å². The van der Waals surface area contributed by atoms with Crippen molar-refractivity contribution in [3.63, 3.8) is 0 Å². The van der Waals surface area contributed by atoms with Gasteiger partial charge in [-0.1, -0.05) is 12.1 Å². The molecule has 0 aliphatic carbocycles. The van der Waals surface area contributed by atoms with Gasteiger partial charge in [0.2, 0.25) is 0 Å². The average Bonchev–Trinajstić information content (AvgIpc) is 2.82. The number of carbonyl (C=O) groups excluding carboxylic acids is 1. The smallest absolute Gasteiger partial charge is 0.153 e. The molecule has 6 heteroatoms. The summed E-state index contributed by atoms with van der Waals surface area (Å²) in [6.07, 6.45) is 3.51. The highest BCUT2D eigenvalue weighted by molar-refractivity contribution is 7.90. The van der Waals surface area contributed by atoms with Crippen LogP contribution in [0.15, 0.2) is 24.4 Å². The van der Waals surface area contributed by atoms with Gasteiger partial charge in [0.15, 0.2) is 6.29 Å². The number of nitrogens with zero attached hydrogens (tertiary/aromatic N) is 2. The molecule has 2 aromatic rings. The molecule has 0 fully saturated rings. The predicted octanol–water partition coefficient (Wildman–Crippen LogP) is 2.02. The maximum Gasteiger partial charge on any atom is 0.153 e. The lowest BCUT2D eigenvalue weighted by atomic mass is 10.0. The number of aryl methyl sites for hydroxylation is 3. The maximum absolute atomic E-state index is 11.2. The molecule has 2 rings (SSSR count). The Kier molecular flexibility index (Phi) is 4.27. The van der Waals surface area contributed by atoms with Gasteiger partial charge in [-0.05, 0) is 31.0 Å². The Morgan fingerprint density at radius 1 is 1.24 bits per heavy atom. The van der Waals surface area contributed by atoms with Gasteiger partial charge < -0.3 is 0 Å². The van der Waals surface area contributed by atoms with Crippen molar-refractivity contribution in [2.75, 3.05) is 12.0 Å². The molecular weight excluding hydrogens is 288 g/mol. The molecule has 0 aliphatic rings. The van der Waals surface area contributed by atoms with E-state index < -0.39 is 9.84 Å². The fourth-order valence-electron chi connectivity index (χ4n) is 2.01. The van der Waals surface area contributed by atoms with E-state index in [0.29, 0.717) is 11.3 Å². The molecule has 0 N–H and O–H groups in total. The van der Waals surface area contributed by atoms with Gasteiger partial charge in [0.05, 0.1) is 17.9 Å². The number of carbonyl (C=O) groups is 1. The van der Waals surface area contributed by atoms with Gasteiger partial charge in [-0.3, -0.25) is 9.48 Å². The minimum absolute atomic E-state index is 0.000652. The molecule has 0 saturated heterocycles. The molecule has 1 aromatic carbocycles. The lowest BCUT2D eigenvalue weighted by Gasteiger charge is -2.03. The van der Waals surface area contributed by atoms with Crippen molar-refractivity contribution in [1.29, 1.82) is 0 Å². The lowest BCUT2D eigenvalue weighted by molar-refractivity contribution is 0.112. The zero-order valence-electron chi connectivity index (χ0n) is 12.3. The fraction of sp³-hybridized carbons (Fsp3) is 0.333. The number of aromatic nitrogens is 2. The van der Waals surface area contributed by atoms with Crippen molar-refractivity contribution >= 4 is 16.1 Å². The number of sulfone groups is 1. The molecule has 0 aliphatic heterocycles. The lowest BCUT2D eigenvalue weighted by Crippen LogP contribution is -2.11. The Hall–Kier alpha value is -1.95. The molecule has 0 bridgehead atoms. The van der Waals surface area contributed by atoms with Crippen molar-refractivity contribution in [2.24, 2.45) is 0 Å². The number of rotatable bonds is 5. The first-order valence-electron chi connectivity index (χ1n) is 6.58. The number of benzene rings is 1. The first-order chi connectivity index (χ1) is 9.80. The summed E-state index contributed by atoms with van der Waals surface area (Å²) in [6.45, 7) is 4.26. The summed E-state index contributed by atoms with van der Waals surface area (Å²) in [6, 6.07) is 5.87. The SMILES string of the molecule is Cc1ccc(-c2nn(CCS(C)(=O)=O)cc2C=O)cc1C. The van der Waals surface area contributed by atoms with Gasteiger partial charge in [0.1, 0.15) is 15.5 Å². The van der Waals surface area contributed by atoms with Crippen molar-refractivity contribution < 1.29 is 13.2 Å². The molecule has 1 heterocycles. The molecule has 0 atom stereocenters. The Morgan fingerprint density at radius 2 is 1.95 bits per heavy atom. The summed E-state index contributed by atoms with van der Waals surface area (Å²) in [4.78, 5) is 11.2. The summed E-state index contributed by atoms with van der Waals surface area (Å²) in [5.41, 5.74) is 4.20. The van der Waals surface area contributed by atoms with E-state index in [1.807, 2.05) is 32.0 Å². The van der Waals surface area contributed by atoms with Crippen LogP contribution >= 0.6 is 0 Å². The fourth-order valence-corrected chi connectivity index (χ4v) is 2.53. The Balaban J connectivity index is 2.37. The van der Waals surface area contributed by atoms with Crippen LogP contribution in [0.3, 0.4) is 0 Å². The Morgan fingerprint density at radius 3 is 2.52 bits per heavy atom.